The highest BCUT2D eigenvalue weighted by atomic mass is 16.3. The standard InChI is InChI=1S/2C28H29N3O3/c2*1-3-7-20-12-15-24-25-22(16-31(24)28(20)34)23(17-32)26(30(25)2)27(33)29-21-13-10-19(11-14-21)18-8-5-4-6-9-18/h2*3-15,22-23,25-26,32H,16-17H2,1-2H3,(H,29,33)/b7-3+;7-3-/t2*22-,23-,25+,26-/m00/s1. The van der Waals surface area contributed by atoms with E-state index >= 15 is 0 Å². The maximum absolute atomic E-state index is 13.4. The van der Waals surface area contributed by atoms with Crippen molar-refractivity contribution < 1.29 is 19.8 Å². The fourth-order valence-corrected chi connectivity index (χ4v) is 11.4. The van der Waals surface area contributed by atoms with E-state index in [1.165, 1.54) is 0 Å². The summed E-state index contributed by atoms with van der Waals surface area (Å²) < 4.78 is 3.61. The van der Waals surface area contributed by atoms with Crippen molar-refractivity contribution >= 4 is 35.3 Å². The number of nitrogens with zero attached hydrogens (tertiary/aromatic N) is 4. The number of carbonyl (C=O) groups excluding carboxylic acids is 2. The second kappa shape index (κ2) is 19.7. The minimum absolute atomic E-state index is 0.000220. The van der Waals surface area contributed by atoms with Crippen molar-refractivity contribution in [1.29, 1.82) is 0 Å². The molecule has 2 saturated heterocycles. The maximum Gasteiger partial charge on any atom is 0.258 e. The van der Waals surface area contributed by atoms with Crippen molar-refractivity contribution in [2.45, 2.75) is 51.1 Å². The van der Waals surface area contributed by atoms with E-state index in [-0.39, 0.29) is 71.9 Å². The average Bonchev–Trinajstić information content (AvgIpc) is 4.09. The van der Waals surface area contributed by atoms with Crippen LogP contribution in [0.4, 0.5) is 11.4 Å². The van der Waals surface area contributed by atoms with Crippen LogP contribution in [0.1, 0.15) is 48.4 Å². The van der Waals surface area contributed by atoms with E-state index < -0.39 is 12.1 Å². The number of amides is 2. The third-order valence-electron chi connectivity index (χ3n) is 14.5. The molecular weight excluding hydrogens is 853 g/mol. The molecule has 4 N–H and O–H groups in total. The van der Waals surface area contributed by atoms with Crippen LogP contribution in [0.15, 0.2) is 155 Å². The van der Waals surface area contributed by atoms with Gasteiger partial charge in [-0.2, -0.15) is 0 Å². The van der Waals surface area contributed by atoms with Gasteiger partial charge in [0.05, 0.1) is 24.2 Å². The fourth-order valence-electron chi connectivity index (χ4n) is 11.4. The number of carbonyl (C=O) groups is 2. The first-order valence-corrected chi connectivity index (χ1v) is 23.4. The van der Waals surface area contributed by atoms with Crippen LogP contribution in [-0.4, -0.2) is 80.4 Å². The third kappa shape index (κ3) is 8.49. The van der Waals surface area contributed by atoms with E-state index in [4.69, 9.17) is 0 Å². The van der Waals surface area contributed by atoms with E-state index in [1.54, 1.807) is 9.13 Å². The molecule has 8 atom stereocenters. The lowest BCUT2D eigenvalue weighted by atomic mass is 9.88. The smallest absolute Gasteiger partial charge is 0.258 e. The molecule has 4 aromatic carbocycles. The number of nitrogens with one attached hydrogen (secondary N) is 2. The number of pyridine rings is 2. The zero-order valence-electron chi connectivity index (χ0n) is 38.8. The fraction of sp³-hybridized carbons (Fsp3) is 0.286. The molecule has 4 aliphatic rings. The molecule has 2 aromatic heterocycles. The highest BCUT2D eigenvalue weighted by Crippen LogP contribution is 2.49. The number of aliphatic hydroxyl groups is 2. The van der Waals surface area contributed by atoms with Gasteiger partial charge in [-0.05, 0) is 98.7 Å². The number of aromatic nitrogens is 2. The number of rotatable bonds is 10. The molecule has 6 aromatic rings. The number of fused-ring (bicyclic) bond motifs is 6. The quantitative estimate of drug-likeness (QED) is 0.110. The molecule has 4 aliphatic heterocycles. The normalized spacial score (nSPS) is 23.7. The third-order valence-corrected chi connectivity index (χ3v) is 14.5. The molecule has 0 aliphatic carbocycles. The summed E-state index contributed by atoms with van der Waals surface area (Å²) in [7, 11) is 3.83. The molecule has 12 nitrogen and oxygen atoms in total. The molecule has 68 heavy (non-hydrogen) atoms. The summed E-state index contributed by atoms with van der Waals surface area (Å²) in [6, 6.07) is 42.3. The molecule has 2 amide bonds. The average molecular weight is 911 g/mol. The van der Waals surface area contributed by atoms with Crippen molar-refractivity contribution in [2.75, 3.05) is 37.9 Å². The monoisotopic (exact) mass is 910 g/mol. The summed E-state index contributed by atoms with van der Waals surface area (Å²) in [5.74, 6) is -0.795. The van der Waals surface area contributed by atoms with Crippen molar-refractivity contribution in [3.05, 3.63) is 189 Å². The van der Waals surface area contributed by atoms with Gasteiger partial charge in [-0.25, -0.2) is 0 Å². The molecule has 0 bridgehead atoms. The summed E-state index contributed by atoms with van der Waals surface area (Å²) in [5.41, 5.74) is 8.94. The number of aliphatic hydroxyl groups excluding tert-OH is 2. The summed E-state index contributed by atoms with van der Waals surface area (Å²) in [6.07, 6.45) is 7.34. The van der Waals surface area contributed by atoms with Crippen LogP contribution in [-0.2, 0) is 22.7 Å². The first-order chi connectivity index (χ1) is 33.1. The van der Waals surface area contributed by atoms with Crippen molar-refractivity contribution in [2.24, 2.45) is 23.7 Å². The molecule has 348 valence electrons. The first-order valence-electron chi connectivity index (χ1n) is 23.4. The molecule has 2 fully saturated rings. The molecule has 0 radical (unpaired) electrons. The van der Waals surface area contributed by atoms with Crippen LogP contribution < -0.4 is 21.8 Å². The number of likely N-dealkylation sites (N-methyl/N-ethyl adjacent to an activating group) is 2. The van der Waals surface area contributed by atoms with Crippen LogP contribution in [0.3, 0.4) is 0 Å². The number of benzene rings is 4. The predicted molar refractivity (Wildman–Crippen MR) is 269 cm³/mol. The van der Waals surface area contributed by atoms with Crippen LogP contribution >= 0.6 is 0 Å². The van der Waals surface area contributed by atoms with Gasteiger partial charge in [0.2, 0.25) is 11.8 Å². The number of likely N-dealkylation sites (tertiary alicyclic amines) is 2. The summed E-state index contributed by atoms with van der Waals surface area (Å²) in [4.78, 5) is 56.6. The van der Waals surface area contributed by atoms with Crippen LogP contribution in [0.25, 0.3) is 34.4 Å². The minimum atomic E-state index is -0.479. The Balaban J connectivity index is 0.000000170. The highest BCUT2D eigenvalue weighted by molar-refractivity contribution is 5.96. The van der Waals surface area contributed by atoms with Gasteiger partial charge < -0.3 is 30.0 Å². The van der Waals surface area contributed by atoms with E-state index in [1.807, 2.05) is 171 Å². The lowest BCUT2D eigenvalue weighted by Gasteiger charge is -2.27. The Morgan fingerprint density at radius 1 is 0.529 bits per heavy atom. The van der Waals surface area contributed by atoms with Crippen molar-refractivity contribution in [3.8, 4) is 22.3 Å². The topological polar surface area (TPSA) is 149 Å². The lowest BCUT2D eigenvalue weighted by molar-refractivity contribution is -0.122. The van der Waals surface area contributed by atoms with E-state index in [0.29, 0.717) is 24.2 Å². The van der Waals surface area contributed by atoms with Crippen molar-refractivity contribution in [1.82, 2.24) is 18.9 Å². The summed E-state index contributed by atoms with van der Waals surface area (Å²) in [6.45, 7) is 4.58. The first kappa shape index (κ1) is 46.2. The van der Waals surface area contributed by atoms with Gasteiger partial charge in [0.1, 0.15) is 0 Å². The molecule has 0 spiro atoms. The zero-order valence-corrected chi connectivity index (χ0v) is 38.8. The molecule has 12 heteroatoms. The molecule has 6 heterocycles. The van der Waals surface area contributed by atoms with Crippen LogP contribution in [0.2, 0.25) is 0 Å². The highest BCUT2D eigenvalue weighted by Gasteiger charge is 2.55. The Hall–Kier alpha value is -6.96. The number of hydrogen-bond donors (Lipinski definition) is 4. The maximum atomic E-state index is 13.4. The van der Waals surface area contributed by atoms with E-state index in [0.717, 1.165) is 45.0 Å². The van der Waals surface area contributed by atoms with Gasteiger partial charge in [-0.15, -0.1) is 0 Å². The van der Waals surface area contributed by atoms with Gasteiger partial charge in [-0.1, -0.05) is 109 Å². The zero-order chi connectivity index (χ0) is 47.6. The number of hydrogen-bond acceptors (Lipinski definition) is 8. The minimum Gasteiger partial charge on any atom is -0.396 e. The van der Waals surface area contributed by atoms with Gasteiger partial charge in [0.15, 0.2) is 0 Å². The van der Waals surface area contributed by atoms with E-state index in [9.17, 15) is 29.4 Å². The number of allylic oxidation sites excluding steroid dienone is 2. The van der Waals surface area contributed by atoms with Gasteiger partial charge in [0.25, 0.3) is 11.1 Å². The molecular formula is C56H58N6O6. The molecule has 0 saturated carbocycles. The molecule has 0 unspecified atom stereocenters. The van der Waals surface area contributed by atoms with Crippen LogP contribution in [0, 0.1) is 23.7 Å². The SMILES string of the molecule is C/C=C/c1ccc2n(c1=O)C[C@H]1[C@H](CO)[C@@H](C(=O)Nc3ccc(-c4ccccc4)cc3)N(C)[C@@H]21.C/C=C\c1ccc2n(c1=O)C[C@H]1[C@H](CO)[C@@H](C(=O)Nc3ccc(-c4ccccc4)cc3)N(C)[C@@H]21. The Bertz CT molecular complexity index is 2760. The summed E-state index contributed by atoms with van der Waals surface area (Å²) >= 11 is 0. The Kier molecular flexibility index (Phi) is 13.4. The van der Waals surface area contributed by atoms with Crippen LogP contribution in [0.5, 0.6) is 0 Å². The second-order valence-corrected chi connectivity index (χ2v) is 18.3. The Morgan fingerprint density at radius 3 is 1.22 bits per heavy atom. The molecule has 10 rings (SSSR count). The van der Waals surface area contributed by atoms with Gasteiger partial charge in [0, 0.05) is 83.9 Å². The Labute approximate surface area is 396 Å². The second-order valence-electron chi connectivity index (χ2n) is 18.3. The number of anilines is 2. The largest absolute Gasteiger partial charge is 0.396 e. The van der Waals surface area contributed by atoms with Gasteiger partial charge >= 0.3 is 0 Å². The van der Waals surface area contributed by atoms with Crippen molar-refractivity contribution in [3.63, 3.8) is 0 Å². The Morgan fingerprint density at radius 2 is 0.882 bits per heavy atom. The lowest BCUT2D eigenvalue weighted by Crippen LogP contribution is -2.44. The van der Waals surface area contributed by atoms with Gasteiger partial charge in [-0.3, -0.25) is 29.0 Å². The summed E-state index contributed by atoms with van der Waals surface area (Å²) in [5, 5.41) is 26.6. The van der Waals surface area contributed by atoms with E-state index in [2.05, 4.69) is 34.9 Å². The predicted octanol–water partition coefficient (Wildman–Crippen LogP) is 7.56.